The van der Waals surface area contributed by atoms with Crippen LogP contribution in [0.3, 0.4) is 0 Å². The van der Waals surface area contributed by atoms with E-state index < -0.39 is 23.9 Å². The quantitative estimate of drug-likeness (QED) is 0.0631. The summed E-state index contributed by atoms with van der Waals surface area (Å²) >= 11 is 0. The van der Waals surface area contributed by atoms with Crippen LogP contribution in [0.5, 0.6) is 5.75 Å². The third-order valence-corrected chi connectivity index (χ3v) is 8.70. The van der Waals surface area contributed by atoms with Gasteiger partial charge in [0.05, 0.1) is 30.5 Å². The summed E-state index contributed by atoms with van der Waals surface area (Å²) in [6.07, 6.45) is 5.27. The summed E-state index contributed by atoms with van der Waals surface area (Å²) in [5, 5.41) is 15.9. The molecule has 0 saturated carbocycles. The van der Waals surface area contributed by atoms with Crippen molar-refractivity contribution in [2.24, 2.45) is 11.8 Å². The van der Waals surface area contributed by atoms with E-state index in [9.17, 15) is 19.5 Å². The number of esters is 1. The Hall–Kier alpha value is -5.47. The second-order valence-electron chi connectivity index (χ2n) is 12.9. The first-order valence-electron chi connectivity index (χ1n) is 17.8. The Morgan fingerprint density at radius 1 is 0.635 bits per heavy atom. The minimum Gasteiger partial charge on any atom is -0.489 e. The summed E-state index contributed by atoms with van der Waals surface area (Å²) in [4.78, 5) is 40.2. The number of aliphatic hydroxyl groups excluding tert-OH is 1. The third-order valence-electron chi connectivity index (χ3n) is 8.70. The van der Waals surface area contributed by atoms with Gasteiger partial charge >= 0.3 is 5.97 Å². The molecule has 3 N–H and O–H groups in total. The number of aliphatic hydroxyl groups is 1. The maximum Gasteiger partial charge on any atom is 0.309 e. The van der Waals surface area contributed by atoms with E-state index in [1.165, 1.54) is 0 Å². The Kier molecular flexibility index (Phi) is 16.4. The summed E-state index contributed by atoms with van der Waals surface area (Å²) in [5.41, 5.74) is 3.96. The third kappa shape index (κ3) is 13.7. The van der Waals surface area contributed by atoms with Crippen LogP contribution in [0.25, 0.3) is 0 Å². The largest absolute Gasteiger partial charge is 0.489 e. The fraction of sp³-hybridized carbons (Fsp3) is 0.295. The van der Waals surface area contributed by atoms with Crippen molar-refractivity contribution >= 4 is 17.8 Å². The molecule has 0 saturated heterocycles. The molecular formula is C44H50N2O6. The molecule has 0 fully saturated rings. The lowest BCUT2D eigenvalue weighted by atomic mass is 9.96. The molecule has 4 aromatic carbocycles. The van der Waals surface area contributed by atoms with Gasteiger partial charge in [-0.25, -0.2) is 0 Å². The first-order valence-corrected chi connectivity index (χ1v) is 17.8. The lowest BCUT2D eigenvalue weighted by Crippen LogP contribution is -2.45. The average molecular weight is 703 g/mol. The SMILES string of the molecule is C=CC[C@H](CC(=O)N[C@@H](CO)Cc1ccccc1)C(=O)N[C@H](COC(=O)[C@@H](CC=C)Cc1ccccc1)Cc1ccc(OCc2ccccc2)cc1. The van der Waals surface area contributed by atoms with Crippen molar-refractivity contribution in [2.75, 3.05) is 13.2 Å². The van der Waals surface area contributed by atoms with E-state index in [0.717, 1.165) is 22.3 Å². The Morgan fingerprint density at radius 2 is 1.15 bits per heavy atom. The highest BCUT2D eigenvalue weighted by molar-refractivity contribution is 5.86. The maximum atomic E-state index is 13.7. The topological polar surface area (TPSA) is 114 Å². The summed E-state index contributed by atoms with van der Waals surface area (Å²) in [5.74, 6) is -1.51. The highest BCUT2D eigenvalue weighted by Crippen LogP contribution is 2.19. The standard InChI is InChI=1S/C44H50N2O6/c1-3-14-37(29-42(48)45-39(30-47)27-34-18-10-6-11-19-34)43(49)46-40(32-52-44(50)38(15-4-2)26-33-16-8-5-9-17-33)28-35-22-24-41(25-23-35)51-31-36-20-12-7-13-21-36/h3-13,16-25,37-40,47H,1-2,14-15,26-32H2,(H,45,48)(H,46,49)/t37-,38+,39-,40+/m1/s1. The summed E-state index contributed by atoms with van der Waals surface area (Å²) in [7, 11) is 0. The van der Waals surface area contributed by atoms with Crippen LogP contribution in [0.4, 0.5) is 0 Å². The lowest BCUT2D eigenvalue weighted by Gasteiger charge is -2.24. The molecule has 0 aliphatic heterocycles. The smallest absolute Gasteiger partial charge is 0.309 e. The molecule has 0 unspecified atom stereocenters. The van der Waals surface area contributed by atoms with Crippen LogP contribution < -0.4 is 15.4 Å². The Bertz CT molecular complexity index is 1680. The van der Waals surface area contributed by atoms with E-state index in [4.69, 9.17) is 9.47 Å². The van der Waals surface area contributed by atoms with E-state index >= 15 is 0 Å². The van der Waals surface area contributed by atoms with Crippen LogP contribution >= 0.6 is 0 Å². The van der Waals surface area contributed by atoms with Gasteiger partial charge in [-0.3, -0.25) is 14.4 Å². The molecule has 52 heavy (non-hydrogen) atoms. The summed E-state index contributed by atoms with van der Waals surface area (Å²) in [6, 6.07) is 35.7. The van der Waals surface area contributed by atoms with Crippen molar-refractivity contribution in [3.63, 3.8) is 0 Å². The highest BCUT2D eigenvalue weighted by Gasteiger charge is 2.27. The van der Waals surface area contributed by atoms with Crippen molar-refractivity contribution < 1.29 is 29.0 Å². The van der Waals surface area contributed by atoms with Crippen molar-refractivity contribution in [2.45, 2.75) is 57.2 Å². The van der Waals surface area contributed by atoms with Crippen LogP contribution in [0.1, 0.15) is 41.5 Å². The van der Waals surface area contributed by atoms with E-state index in [2.05, 4.69) is 23.8 Å². The van der Waals surface area contributed by atoms with Crippen LogP contribution in [-0.4, -0.2) is 48.2 Å². The predicted molar refractivity (Wildman–Crippen MR) is 204 cm³/mol. The molecule has 8 nitrogen and oxygen atoms in total. The molecule has 0 aromatic heterocycles. The van der Waals surface area contributed by atoms with E-state index in [1.54, 1.807) is 12.2 Å². The zero-order chi connectivity index (χ0) is 37.0. The number of hydrogen-bond acceptors (Lipinski definition) is 6. The molecule has 0 heterocycles. The molecule has 2 amide bonds. The molecule has 0 spiro atoms. The number of carbonyl (C=O) groups excluding carboxylic acids is 3. The van der Waals surface area contributed by atoms with Gasteiger partial charge in [-0.1, -0.05) is 115 Å². The molecule has 272 valence electrons. The zero-order valence-corrected chi connectivity index (χ0v) is 29.7. The fourth-order valence-electron chi connectivity index (χ4n) is 5.94. The van der Waals surface area contributed by atoms with Crippen LogP contribution in [0.15, 0.2) is 141 Å². The van der Waals surface area contributed by atoms with Gasteiger partial charge in [-0.05, 0) is 66.5 Å². The van der Waals surface area contributed by atoms with Gasteiger partial charge in [0, 0.05) is 6.42 Å². The number of hydrogen-bond donors (Lipinski definition) is 3. The fourth-order valence-corrected chi connectivity index (χ4v) is 5.94. The lowest BCUT2D eigenvalue weighted by molar-refractivity contribution is -0.149. The van der Waals surface area contributed by atoms with Crippen molar-refractivity contribution in [3.8, 4) is 5.75 Å². The number of benzene rings is 4. The van der Waals surface area contributed by atoms with Gasteiger partial charge in [0.2, 0.25) is 11.8 Å². The Balaban J connectivity index is 1.43. The minimum atomic E-state index is -0.716. The predicted octanol–water partition coefficient (Wildman–Crippen LogP) is 6.57. The molecule has 8 heteroatoms. The zero-order valence-electron chi connectivity index (χ0n) is 29.7. The number of amides is 2. The molecular weight excluding hydrogens is 652 g/mol. The second kappa shape index (κ2) is 21.7. The van der Waals surface area contributed by atoms with Gasteiger partial charge in [-0.15, -0.1) is 13.2 Å². The maximum absolute atomic E-state index is 13.7. The average Bonchev–Trinajstić information content (AvgIpc) is 3.17. The van der Waals surface area contributed by atoms with E-state index in [-0.39, 0.29) is 43.8 Å². The molecule has 4 atom stereocenters. The molecule has 0 aliphatic rings. The number of allylic oxidation sites excluding steroid dienone is 2. The number of nitrogens with one attached hydrogen (secondary N) is 2. The van der Waals surface area contributed by atoms with Crippen LogP contribution in [0, 0.1) is 11.8 Å². The number of rotatable bonds is 22. The molecule has 4 rings (SSSR count). The van der Waals surface area contributed by atoms with E-state index in [0.29, 0.717) is 38.0 Å². The Labute approximate surface area is 307 Å². The normalized spacial score (nSPS) is 13.1. The minimum absolute atomic E-state index is 0.0596. The van der Waals surface area contributed by atoms with Crippen molar-refractivity contribution in [3.05, 3.63) is 163 Å². The van der Waals surface area contributed by atoms with Crippen LogP contribution in [-0.2, 0) is 45.0 Å². The van der Waals surface area contributed by atoms with Gasteiger partial charge in [-0.2, -0.15) is 0 Å². The molecule has 0 bridgehead atoms. The first-order chi connectivity index (χ1) is 25.4. The monoisotopic (exact) mass is 702 g/mol. The number of carbonyl (C=O) groups is 3. The second-order valence-corrected chi connectivity index (χ2v) is 12.9. The van der Waals surface area contributed by atoms with E-state index in [1.807, 2.05) is 115 Å². The first kappa shape index (κ1) is 39.3. The highest BCUT2D eigenvalue weighted by atomic mass is 16.5. The summed E-state index contributed by atoms with van der Waals surface area (Å²) in [6.45, 7) is 7.77. The van der Waals surface area contributed by atoms with Gasteiger partial charge in [0.15, 0.2) is 0 Å². The summed E-state index contributed by atoms with van der Waals surface area (Å²) < 4.78 is 11.8. The van der Waals surface area contributed by atoms with Gasteiger partial charge < -0.3 is 25.2 Å². The van der Waals surface area contributed by atoms with Crippen LogP contribution in [0.2, 0.25) is 0 Å². The van der Waals surface area contributed by atoms with Crippen molar-refractivity contribution in [1.29, 1.82) is 0 Å². The van der Waals surface area contributed by atoms with Crippen molar-refractivity contribution in [1.82, 2.24) is 10.6 Å². The van der Waals surface area contributed by atoms with Gasteiger partial charge in [0.1, 0.15) is 19.0 Å². The molecule has 0 aliphatic carbocycles. The number of ether oxygens (including phenoxy) is 2. The van der Waals surface area contributed by atoms with Gasteiger partial charge in [0.25, 0.3) is 0 Å². The Morgan fingerprint density at radius 3 is 1.73 bits per heavy atom. The molecule has 4 aromatic rings. The molecule has 0 radical (unpaired) electrons.